The van der Waals surface area contributed by atoms with Crippen molar-refractivity contribution < 1.29 is 4.79 Å². The highest BCUT2D eigenvalue weighted by atomic mass is 35.5. The van der Waals surface area contributed by atoms with Gasteiger partial charge in [-0.15, -0.1) is 0 Å². The van der Waals surface area contributed by atoms with Crippen molar-refractivity contribution in [3.05, 3.63) is 59.1 Å². The third kappa shape index (κ3) is 4.50. The molecule has 1 fully saturated rings. The van der Waals surface area contributed by atoms with Crippen LogP contribution in [-0.4, -0.2) is 43.5 Å². The summed E-state index contributed by atoms with van der Waals surface area (Å²) < 4.78 is 0. The largest absolute Gasteiger partial charge is 0.369 e. The molecule has 0 unspecified atom stereocenters. The van der Waals surface area contributed by atoms with Crippen molar-refractivity contribution >= 4 is 28.9 Å². The highest BCUT2D eigenvalue weighted by Crippen LogP contribution is 2.20. The lowest BCUT2D eigenvalue weighted by Gasteiger charge is -2.35. The zero-order chi connectivity index (χ0) is 17.6. The summed E-state index contributed by atoms with van der Waals surface area (Å²) in [6.07, 6.45) is 0. The van der Waals surface area contributed by atoms with Gasteiger partial charge in [-0.3, -0.25) is 9.69 Å². The lowest BCUT2D eigenvalue weighted by atomic mass is 10.2. The number of hydrogen-bond donors (Lipinski definition) is 1. The second kappa shape index (κ2) is 8.02. The van der Waals surface area contributed by atoms with E-state index in [0.29, 0.717) is 22.8 Å². The van der Waals surface area contributed by atoms with E-state index in [4.69, 9.17) is 16.9 Å². The summed E-state index contributed by atoms with van der Waals surface area (Å²) in [5.41, 5.74) is 2.23. The van der Waals surface area contributed by atoms with Crippen molar-refractivity contribution in [2.45, 2.75) is 0 Å². The first-order valence-electron chi connectivity index (χ1n) is 8.17. The fourth-order valence-electron chi connectivity index (χ4n) is 2.89. The summed E-state index contributed by atoms with van der Waals surface area (Å²) >= 11 is 5.99. The predicted molar refractivity (Wildman–Crippen MR) is 99.9 cm³/mol. The number of carbonyl (C=O) groups is 1. The molecule has 0 bridgehead atoms. The van der Waals surface area contributed by atoms with Crippen LogP contribution in [0.25, 0.3) is 0 Å². The van der Waals surface area contributed by atoms with E-state index < -0.39 is 0 Å². The lowest BCUT2D eigenvalue weighted by Crippen LogP contribution is -2.48. The molecule has 5 nitrogen and oxygen atoms in total. The van der Waals surface area contributed by atoms with Crippen LogP contribution in [0, 0.1) is 11.3 Å². The first kappa shape index (κ1) is 17.3. The number of piperazine rings is 1. The molecule has 1 saturated heterocycles. The van der Waals surface area contributed by atoms with Crippen LogP contribution in [-0.2, 0) is 4.79 Å². The predicted octanol–water partition coefficient (Wildman–Crippen LogP) is 2.97. The minimum atomic E-state index is -0.0751. The van der Waals surface area contributed by atoms with E-state index >= 15 is 0 Å². The van der Waals surface area contributed by atoms with Gasteiger partial charge in [-0.2, -0.15) is 5.26 Å². The van der Waals surface area contributed by atoms with Gasteiger partial charge in [0, 0.05) is 37.6 Å². The molecule has 3 rings (SSSR count). The second-order valence-electron chi connectivity index (χ2n) is 5.95. The number of rotatable bonds is 4. The molecule has 1 N–H and O–H groups in total. The average Bonchev–Trinajstić information content (AvgIpc) is 2.63. The Bertz CT molecular complexity index is 780. The lowest BCUT2D eigenvalue weighted by molar-refractivity contribution is -0.117. The zero-order valence-corrected chi connectivity index (χ0v) is 14.5. The minimum absolute atomic E-state index is 0.0751. The molecule has 6 heteroatoms. The Morgan fingerprint density at radius 1 is 1.12 bits per heavy atom. The van der Waals surface area contributed by atoms with Gasteiger partial charge >= 0.3 is 0 Å². The van der Waals surface area contributed by atoms with Crippen molar-refractivity contribution in [2.24, 2.45) is 0 Å². The minimum Gasteiger partial charge on any atom is -0.369 e. The van der Waals surface area contributed by atoms with Gasteiger partial charge in [-0.1, -0.05) is 29.8 Å². The Kier molecular flexibility index (Phi) is 5.54. The van der Waals surface area contributed by atoms with Crippen molar-refractivity contribution in [2.75, 3.05) is 42.9 Å². The van der Waals surface area contributed by atoms with Crippen molar-refractivity contribution in [3.63, 3.8) is 0 Å². The molecule has 1 aliphatic rings. The van der Waals surface area contributed by atoms with Crippen molar-refractivity contribution in [1.82, 2.24) is 4.90 Å². The summed E-state index contributed by atoms with van der Waals surface area (Å²) in [5.74, 6) is -0.0751. The Labute approximate surface area is 152 Å². The zero-order valence-electron chi connectivity index (χ0n) is 13.8. The molecule has 0 spiro atoms. The Hall–Kier alpha value is -2.55. The van der Waals surface area contributed by atoms with Crippen LogP contribution >= 0.6 is 11.6 Å². The smallest absolute Gasteiger partial charge is 0.238 e. The summed E-state index contributed by atoms with van der Waals surface area (Å²) in [6, 6.07) is 17.2. The van der Waals surface area contributed by atoms with Gasteiger partial charge in [0.15, 0.2) is 0 Å². The topological polar surface area (TPSA) is 59.4 Å². The first-order valence-corrected chi connectivity index (χ1v) is 8.55. The molecule has 1 amide bonds. The normalized spacial score (nSPS) is 14.8. The molecule has 25 heavy (non-hydrogen) atoms. The van der Waals surface area contributed by atoms with E-state index in [1.54, 1.807) is 18.2 Å². The third-order valence-corrected chi connectivity index (χ3v) is 4.55. The molecule has 2 aromatic rings. The van der Waals surface area contributed by atoms with Gasteiger partial charge in [0.2, 0.25) is 5.91 Å². The molecule has 0 aromatic heterocycles. The van der Waals surface area contributed by atoms with E-state index in [2.05, 4.69) is 27.2 Å². The molecule has 0 atom stereocenters. The Balaban J connectivity index is 1.50. The Morgan fingerprint density at radius 2 is 1.84 bits per heavy atom. The molecule has 0 saturated carbocycles. The molecular weight excluding hydrogens is 336 g/mol. The fourth-order valence-corrected chi connectivity index (χ4v) is 3.11. The quantitative estimate of drug-likeness (QED) is 0.917. The number of benzene rings is 2. The van der Waals surface area contributed by atoms with Gasteiger partial charge in [-0.25, -0.2) is 0 Å². The monoisotopic (exact) mass is 354 g/mol. The van der Waals surface area contributed by atoms with Gasteiger partial charge in [0.1, 0.15) is 6.07 Å². The summed E-state index contributed by atoms with van der Waals surface area (Å²) in [7, 11) is 0. The number of halogens is 1. The highest BCUT2D eigenvalue weighted by Gasteiger charge is 2.19. The maximum atomic E-state index is 12.2. The van der Waals surface area contributed by atoms with Gasteiger partial charge in [0.05, 0.1) is 17.1 Å². The summed E-state index contributed by atoms with van der Waals surface area (Å²) in [4.78, 5) is 16.7. The van der Waals surface area contributed by atoms with E-state index in [-0.39, 0.29) is 5.91 Å². The van der Waals surface area contributed by atoms with E-state index in [9.17, 15) is 4.79 Å². The number of para-hydroxylation sites is 1. The highest BCUT2D eigenvalue weighted by molar-refractivity contribution is 6.32. The molecule has 2 aromatic carbocycles. The van der Waals surface area contributed by atoms with Crippen LogP contribution in [0.15, 0.2) is 48.5 Å². The van der Waals surface area contributed by atoms with Crippen LogP contribution in [0.2, 0.25) is 5.02 Å². The first-order chi connectivity index (χ1) is 12.2. The summed E-state index contributed by atoms with van der Waals surface area (Å²) in [6.45, 7) is 3.84. The van der Waals surface area contributed by atoms with Crippen LogP contribution < -0.4 is 10.2 Å². The Morgan fingerprint density at radius 3 is 2.48 bits per heavy atom. The number of hydrogen-bond acceptors (Lipinski definition) is 4. The molecule has 1 heterocycles. The second-order valence-corrected chi connectivity index (χ2v) is 6.36. The van der Waals surface area contributed by atoms with Gasteiger partial charge < -0.3 is 10.2 Å². The standard InChI is InChI=1S/C19H19ClN4O/c20-18-12-16(7-6-15(18)13-21)22-19(25)14-23-8-10-24(11-9-23)17-4-2-1-3-5-17/h1-7,12H,8-11,14H2,(H,22,25). The maximum absolute atomic E-state index is 12.2. The van der Waals surface area contributed by atoms with E-state index in [1.165, 1.54) is 5.69 Å². The van der Waals surface area contributed by atoms with E-state index in [1.807, 2.05) is 24.3 Å². The number of nitrogens with zero attached hydrogens (tertiary/aromatic N) is 3. The average molecular weight is 355 g/mol. The van der Waals surface area contributed by atoms with E-state index in [0.717, 1.165) is 26.2 Å². The number of nitrogens with one attached hydrogen (secondary N) is 1. The van der Waals surface area contributed by atoms with Crippen LogP contribution in [0.5, 0.6) is 0 Å². The number of anilines is 2. The fraction of sp³-hybridized carbons (Fsp3) is 0.263. The SMILES string of the molecule is N#Cc1ccc(NC(=O)CN2CCN(c3ccccc3)CC2)cc1Cl. The summed E-state index contributed by atoms with van der Waals surface area (Å²) in [5, 5.41) is 12.1. The van der Waals surface area contributed by atoms with Crippen molar-refractivity contribution in [3.8, 4) is 6.07 Å². The maximum Gasteiger partial charge on any atom is 0.238 e. The van der Waals surface area contributed by atoms with Crippen LogP contribution in [0.4, 0.5) is 11.4 Å². The molecule has 128 valence electrons. The number of carbonyl (C=O) groups excluding carboxylic acids is 1. The van der Waals surface area contributed by atoms with Gasteiger partial charge in [0.25, 0.3) is 0 Å². The molecular formula is C19H19ClN4O. The molecule has 1 aliphatic heterocycles. The number of nitriles is 1. The molecule has 0 radical (unpaired) electrons. The van der Waals surface area contributed by atoms with Crippen LogP contribution in [0.3, 0.4) is 0 Å². The number of amides is 1. The van der Waals surface area contributed by atoms with Crippen molar-refractivity contribution in [1.29, 1.82) is 5.26 Å². The van der Waals surface area contributed by atoms with Crippen LogP contribution in [0.1, 0.15) is 5.56 Å². The van der Waals surface area contributed by atoms with Gasteiger partial charge in [-0.05, 0) is 30.3 Å². The molecule has 0 aliphatic carbocycles. The third-order valence-electron chi connectivity index (χ3n) is 4.23.